The van der Waals surface area contributed by atoms with Crippen molar-refractivity contribution in [3.8, 4) is 0 Å². The lowest BCUT2D eigenvalue weighted by atomic mass is 10.3. The molecule has 0 radical (unpaired) electrons. The summed E-state index contributed by atoms with van der Waals surface area (Å²) in [6, 6.07) is 5.74. The van der Waals surface area contributed by atoms with E-state index in [1.165, 1.54) is 31.2 Å². The summed E-state index contributed by atoms with van der Waals surface area (Å²) in [7, 11) is 0. The Morgan fingerprint density at radius 3 is 2.41 bits per heavy atom. The third-order valence-corrected chi connectivity index (χ3v) is 1.89. The van der Waals surface area contributed by atoms with Gasteiger partial charge >= 0.3 is 0 Å². The van der Waals surface area contributed by atoms with Gasteiger partial charge < -0.3 is 5.32 Å². The summed E-state index contributed by atoms with van der Waals surface area (Å²) in [6.45, 7) is 1.33. The van der Waals surface area contributed by atoms with Crippen molar-refractivity contribution in [2.24, 2.45) is 0 Å². The monoisotopic (exact) mass is 254 g/mol. The molecule has 0 saturated heterocycles. The smallest absolute Gasteiger partial charge is 0.269 e. The van der Waals surface area contributed by atoms with Crippen LogP contribution in [-0.4, -0.2) is 15.9 Å². The highest BCUT2D eigenvalue weighted by atomic mass is 32.1. The van der Waals surface area contributed by atoms with Gasteiger partial charge in [-0.25, -0.2) is 0 Å². The Balaban J connectivity index is 2.50. The van der Waals surface area contributed by atoms with Gasteiger partial charge in [0.25, 0.3) is 5.69 Å². The van der Waals surface area contributed by atoms with E-state index in [9.17, 15) is 14.9 Å². The molecule has 1 amide bonds. The predicted octanol–water partition coefficient (Wildman–Crippen LogP) is 0.932. The largest absolute Gasteiger partial charge is 0.302 e. The van der Waals surface area contributed by atoms with Gasteiger partial charge in [0.15, 0.2) is 5.11 Å². The lowest BCUT2D eigenvalue weighted by molar-refractivity contribution is -0.384. The maximum atomic E-state index is 10.6. The number of hydrazine groups is 1. The van der Waals surface area contributed by atoms with Crippen LogP contribution in [0.3, 0.4) is 0 Å². The van der Waals surface area contributed by atoms with Crippen LogP contribution in [-0.2, 0) is 4.79 Å². The van der Waals surface area contributed by atoms with E-state index in [-0.39, 0.29) is 16.7 Å². The van der Waals surface area contributed by atoms with Gasteiger partial charge in [-0.1, -0.05) is 0 Å². The Morgan fingerprint density at radius 2 is 1.94 bits per heavy atom. The van der Waals surface area contributed by atoms with Gasteiger partial charge in [-0.3, -0.25) is 25.8 Å². The second-order valence-corrected chi connectivity index (χ2v) is 3.47. The van der Waals surface area contributed by atoms with Crippen LogP contribution in [0.5, 0.6) is 0 Å². The molecule has 0 bridgehead atoms. The van der Waals surface area contributed by atoms with Crippen LogP contribution >= 0.6 is 12.2 Å². The Morgan fingerprint density at radius 1 is 1.35 bits per heavy atom. The van der Waals surface area contributed by atoms with Crippen LogP contribution in [0.1, 0.15) is 6.92 Å². The molecule has 0 saturated carbocycles. The lowest BCUT2D eigenvalue weighted by Gasteiger charge is -2.10. The number of carbonyl (C=O) groups is 1. The zero-order valence-corrected chi connectivity index (χ0v) is 9.71. The number of nitro benzene ring substituents is 1. The fraction of sp³-hybridized carbons (Fsp3) is 0.111. The van der Waals surface area contributed by atoms with E-state index in [0.717, 1.165) is 0 Å². The summed E-state index contributed by atoms with van der Waals surface area (Å²) < 4.78 is 0. The number of hydrogen-bond donors (Lipinski definition) is 3. The fourth-order valence-electron chi connectivity index (χ4n) is 0.987. The average molecular weight is 254 g/mol. The van der Waals surface area contributed by atoms with Gasteiger partial charge in [0.05, 0.1) is 10.6 Å². The number of carbonyl (C=O) groups excluding carboxylic acids is 1. The van der Waals surface area contributed by atoms with Crippen LogP contribution in [0.4, 0.5) is 11.4 Å². The zero-order valence-electron chi connectivity index (χ0n) is 8.89. The average Bonchev–Trinajstić information content (AvgIpc) is 2.26. The van der Waals surface area contributed by atoms with Crippen LogP contribution < -0.4 is 16.2 Å². The maximum absolute atomic E-state index is 10.6. The normalized spacial score (nSPS) is 9.24. The molecule has 90 valence electrons. The highest BCUT2D eigenvalue weighted by molar-refractivity contribution is 7.80. The molecule has 1 aromatic rings. The van der Waals surface area contributed by atoms with Crippen molar-refractivity contribution in [3.63, 3.8) is 0 Å². The van der Waals surface area contributed by atoms with Gasteiger partial charge in [0.1, 0.15) is 0 Å². The van der Waals surface area contributed by atoms with E-state index in [0.29, 0.717) is 5.69 Å². The first-order valence-electron chi connectivity index (χ1n) is 4.57. The minimum Gasteiger partial charge on any atom is -0.302 e. The molecule has 17 heavy (non-hydrogen) atoms. The van der Waals surface area contributed by atoms with Crippen molar-refractivity contribution in [1.82, 2.24) is 10.7 Å². The number of hydrogen-bond acceptors (Lipinski definition) is 5. The molecule has 0 aliphatic rings. The number of rotatable bonds is 3. The molecule has 0 atom stereocenters. The summed E-state index contributed by atoms with van der Waals surface area (Å²) in [4.78, 5) is 20.6. The molecule has 0 aliphatic carbocycles. The van der Waals surface area contributed by atoms with Gasteiger partial charge in [0.2, 0.25) is 5.91 Å². The van der Waals surface area contributed by atoms with Gasteiger partial charge in [0, 0.05) is 19.1 Å². The topological polar surface area (TPSA) is 96.3 Å². The number of nitro groups is 1. The molecular formula is C9H10N4O3S. The highest BCUT2D eigenvalue weighted by Gasteiger charge is 2.03. The summed E-state index contributed by atoms with van der Waals surface area (Å²) in [6.07, 6.45) is 0. The molecule has 1 rings (SSSR count). The van der Waals surface area contributed by atoms with Gasteiger partial charge in [-0.05, 0) is 24.4 Å². The molecular weight excluding hydrogens is 244 g/mol. The van der Waals surface area contributed by atoms with Crippen LogP contribution in [0.25, 0.3) is 0 Å². The van der Waals surface area contributed by atoms with E-state index in [2.05, 4.69) is 16.2 Å². The van der Waals surface area contributed by atoms with E-state index < -0.39 is 4.92 Å². The van der Waals surface area contributed by atoms with Crippen LogP contribution in [0, 0.1) is 10.1 Å². The number of thiocarbonyl (C=S) groups is 1. The van der Waals surface area contributed by atoms with Crippen molar-refractivity contribution < 1.29 is 9.72 Å². The van der Waals surface area contributed by atoms with E-state index in [1.807, 2.05) is 0 Å². The molecule has 3 N–H and O–H groups in total. The highest BCUT2D eigenvalue weighted by Crippen LogP contribution is 2.14. The molecule has 0 spiro atoms. The lowest BCUT2D eigenvalue weighted by Crippen LogP contribution is -2.40. The summed E-state index contributed by atoms with van der Waals surface area (Å²) in [5.74, 6) is -0.284. The van der Waals surface area contributed by atoms with E-state index >= 15 is 0 Å². The Bertz CT molecular complexity index is 446. The number of amides is 1. The third-order valence-electron chi connectivity index (χ3n) is 1.69. The van der Waals surface area contributed by atoms with Crippen molar-refractivity contribution >= 4 is 34.6 Å². The SMILES string of the molecule is CC(=O)NC(=S)NNc1ccc([N+](=O)[O-])cc1. The Hall–Kier alpha value is -2.22. The Kier molecular flexibility index (Phi) is 4.35. The first-order valence-corrected chi connectivity index (χ1v) is 4.98. The summed E-state index contributed by atoms with van der Waals surface area (Å²) in [5, 5.41) is 12.9. The fourth-order valence-corrected chi connectivity index (χ4v) is 1.18. The number of nitrogens with zero attached hydrogens (tertiary/aromatic N) is 1. The molecule has 8 heteroatoms. The second-order valence-electron chi connectivity index (χ2n) is 3.06. The quantitative estimate of drug-likeness (QED) is 0.422. The number of benzene rings is 1. The number of anilines is 1. The molecule has 7 nitrogen and oxygen atoms in total. The number of nitrogens with one attached hydrogen (secondary N) is 3. The van der Waals surface area contributed by atoms with E-state index in [4.69, 9.17) is 12.2 Å². The van der Waals surface area contributed by atoms with Gasteiger partial charge in [-0.2, -0.15) is 0 Å². The zero-order chi connectivity index (χ0) is 12.8. The van der Waals surface area contributed by atoms with Gasteiger partial charge in [-0.15, -0.1) is 0 Å². The second kappa shape index (κ2) is 5.75. The van der Waals surface area contributed by atoms with Crippen molar-refractivity contribution in [2.75, 3.05) is 5.43 Å². The molecule has 0 unspecified atom stereocenters. The van der Waals surface area contributed by atoms with Crippen LogP contribution in [0.2, 0.25) is 0 Å². The Labute approximate surface area is 102 Å². The standard InChI is InChI=1S/C9H10N4O3S/c1-6(14)10-9(17)12-11-7-2-4-8(5-3-7)13(15)16/h2-5,11H,1H3,(H2,10,12,14,17). The minimum atomic E-state index is -0.487. The summed E-state index contributed by atoms with van der Waals surface area (Å²) >= 11 is 4.78. The van der Waals surface area contributed by atoms with Crippen molar-refractivity contribution in [2.45, 2.75) is 6.92 Å². The molecule has 0 fully saturated rings. The first-order chi connectivity index (χ1) is 7.99. The molecule has 0 aromatic heterocycles. The van der Waals surface area contributed by atoms with Crippen LogP contribution in [0.15, 0.2) is 24.3 Å². The van der Waals surface area contributed by atoms with E-state index in [1.54, 1.807) is 0 Å². The number of non-ortho nitro benzene ring substituents is 1. The third kappa shape index (κ3) is 4.43. The molecule has 0 aliphatic heterocycles. The first kappa shape index (κ1) is 12.8. The predicted molar refractivity (Wildman–Crippen MR) is 66.3 cm³/mol. The minimum absolute atomic E-state index is 0.0000116. The molecule has 0 heterocycles. The summed E-state index contributed by atoms with van der Waals surface area (Å²) in [5.41, 5.74) is 5.83. The van der Waals surface area contributed by atoms with Crippen molar-refractivity contribution in [1.29, 1.82) is 0 Å². The molecule has 1 aromatic carbocycles. The maximum Gasteiger partial charge on any atom is 0.269 e. The van der Waals surface area contributed by atoms with Crippen molar-refractivity contribution in [3.05, 3.63) is 34.4 Å².